The van der Waals surface area contributed by atoms with Crippen molar-refractivity contribution < 1.29 is 14.3 Å². The molecule has 178 valence electrons. The number of ether oxygens (including phenoxy) is 1. The van der Waals surface area contributed by atoms with Crippen LogP contribution in [0, 0.1) is 0 Å². The number of aromatic nitrogens is 2. The lowest BCUT2D eigenvalue weighted by molar-refractivity contribution is 0.0600. The molecule has 0 unspecified atom stereocenters. The third-order valence-corrected chi connectivity index (χ3v) is 6.94. The summed E-state index contributed by atoms with van der Waals surface area (Å²) in [5, 5.41) is 1.22. The molecule has 4 aromatic rings. The van der Waals surface area contributed by atoms with Gasteiger partial charge in [-0.05, 0) is 78.9 Å². The predicted molar refractivity (Wildman–Crippen MR) is 136 cm³/mol. The molecule has 0 spiro atoms. The highest BCUT2D eigenvalue weighted by Crippen LogP contribution is 2.33. The Kier molecular flexibility index (Phi) is 6.73. The minimum Gasteiger partial charge on any atom is -0.465 e. The van der Waals surface area contributed by atoms with Gasteiger partial charge in [0, 0.05) is 36.4 Å². The number of esters is 1. The quantitative estimate of drug-likeness (QED) is 0.281. The Morgan fingerprint density at radius 1 is 1.03 bits per heavy atom. The van der Waals surface area contributed by atoms with Crippen molar-refractivity contribution in [2.45, 2.75) is 31.8 Å². The number of hydrogen-bond acceptors (Lipinski definition) is 5. The standard InChI is InChI=1S/C29H29N3O3/c1-35-29(34)25-7-5-21(6-8-25)19-32-16-12-27-26(9-13-30-28(27)32)24-10-14-31(15-11-24)18-22-3-2-4-23(17-22)20-33/h2-9,12-13,16-17,20,24H,10-11,14-15,18-19H2,1H3. The van der Waals surface area contributed by atoms with Crippen molar-refractivity contribution in [3.8, 4) is 0 Å². The Labute approximate surface area is 205 Å². The molecule has 1 fully saturated rings. The maximum atomic E-state index is 11.7. The predicted octanol–water partition coefficient (Wildman–Crippen LogP) is 5.06. The number of hydrogen-bond donors (Lipinski definition) is 0. The third kappa shape index (κ3) is 5.03. The number of methoxy groups -OCH3 is 1. The van der Waals surface area contributed by atoms with E-state index in [9.17, 15) is 9.59 Å². The van der Waals surface area contributed by atoms with Crippen LogP contribution in [0.2, 0.25) is 0 Å². The second kappa shape index (κ2) is 10.2. The number of likely N-dealkylation sites (tertiary alicyclic amines) is 1. The monoisotopic (exact) mass is 467 g/mol. The van der Waals surface area contributed by atoms with Crippen LogP contribution in [-0.4, -0.2) is 46.9 Å². The van der Waals surface area contributed by atoms with E-state index < -0.39 is 0 Å². The van der Waals surface area contributed by atoms with Crippen LogP contribution >= 0.6 is 0 Å². The van der Waals surface area contributed by atoms with Crippen molar-refractivity contribution in [2.75, 3.05) is 20.2 Å². The topological polar surface area (TPSA) is 64.4 Å². The van der Waals surface area contributed by atoms with E-state index in [2.05, 4.69) is 38.8 Å². The van der Waals surface area contributed by atoms with Crippen LogP contribution in [0.5, 0.6) is 0 Å². The van der Waals surface area contributed by atoms with Crippen LogP contribution in [0.1, 0.15) is 56.2 Å². The lowest BCUT2D eigenvalue weighted by Gasteiger charge is -2.32. The number of pyridine rings is 1. The summed E-state index contributed by atoms with van der Waals surface area (Å²) in [5.41, 5.74) is 5.95. The van der Waals surface area contributed by atoms with Crippen molar-refractivity contribution >= 4 is 23.3 Å². The van der Waals surface area contributed by atoms with Gasteiger partial charge in [-0.1, -0.05) is 30.3 Å². The summed E-state index contributed by atoms with van der Waals surface area (Å²) in [4.78, 5) is 29.9. The summed E-state index contributed by atoms with van der Waals surface area (Å²) in [7, 11) is 1.39. The van der Waals surface area contributed by atoms with Gasteiger partial charge in [0.15, 0.2) is 0 Å². The number of carbonyl (C=O) groups is 2. The number of fused-ring (bicyclic) bond motifs is 1. The summed E-state index contributed by atoms with van der Waals surface area (Å²) in [5.74, 6) is 0.183. The molecular formula is C29H29N3O3. The zero-order valence-corrected chi connectivity index (χ0v) is 19.9. The minimum absolute atomic E-state index is 0.324. The first-order valence-electron chi connectivity index (χ1n) is 12.0. The summed E-state index contributed by atoms with van der Waals surface area (Å²) in [6, 6.07) is 19.8. The molecule has 35 heavy (non-hydrogen) atoms. The fraction of sp³-hybridized carbons (Fsp3) is 0.276. The molecule has 0 amide bonds. The van der Waals surface area contributed by atoms with E-state index in [0.717, 1.165) is 55.5 Å². The molecule has 1 aliphatic heterocycles. The van der Waals surface area contributed by atoms with Gasteiger partial charge < -0.3 is 9.30 Å². The van der Waals surface area contributed by atoms with Gasteiger partial charge in [0.05, 0.1) is 12.7 Å². The molecular weight excluding hydrogens is 438 g/mol. The van der Waals surface area contributed by atoms with E-state index in [-0.39, 0.29) is 5.97 Å². The maximum Gasteiger partial charge on any atom is 0.337 e. The highest BCUT2D eigenvalue weighted by molar-refractivity contribution is 5.89. The Hall–Kier alpha value is -3.77. The van der Waals surface area contributed by atoms with E-state index in [1.807, 2.05) is 36.5 Å². The Morgan fingerprint density at radius 3 is 2.57 bits per heavy atom. The Bertz CT molecular complexity index is 1340. The summed E-state index contributed by atoms with van der Waals surface area (Å²) < 4.78 is 6.95. The van der Waals surface area contributed by atoms with Crippen LogP contribution in [0.4, 0.5) is 0 Å². The largest absolute Gasteiger partial charge is 0.465 e. The van der Waals surface area contributed by atoms with Crippen molar-refractivity contribution in [1.82, 2.24) is 14.5 Å². The maximum absolute atomic E-state index is 11.7. The van der Waals surface area contributed by atoms with Gasteiger partial charge >= 0.3 is 5.97 Å². The van der Waals surface area contributed by atoms with E-state index in [1.54, 1.807) is 12.1 Å². The van der Waals surface area contributed by atoms with Gasteiger partial charge in [-0.3, -0.25) is 9.69 Å². The second-order valence-corrected chi connectivity index (χ2v) is 9.18. The summed E-state index contributed by atoms with van der Waals surface area (Å²) in [6.07, 6.45) is 7.14. The number of carbonyl (C=O) groups excluding carboxylic acids is 2. The highest BCUT2D eigenvalue weighted by atomic mass is 16.5. The first kappa shape index (κ1) is 23.0. The van der Waals surface area contributed by atoms with Crippen LogP contribution in [0.3, 0.4) is 0 Å². The van der Waals surface area contributed by atoms with Crippen molar-refractivity contribution in [3.05, 3.63) is 101 Å². The highest BCUT2D eigenvalue weighted by Gasteiger charge is 2.23. The molecule has 2 aromatic heterocycles. The van der Waals surface area contributed by atoms with Crippen LogP contribution in [0.15, 0.2) is 73.1 Å². The molecule has 0 bridgehead atoms. The average molecular weight is 468 g/mol. The fourth-order valence-corrected chi connectivity index (χ4v) is 5.08. The molecule has 3 heterocycles. The Balaban J connectivity index is 1.27. The van der Waals surface area contributed by atoms with Gasteiger partial charge in [-0.25, -0.2) is 9.78 Å². The SMILES string of the molecule is COC(=O)c1ccc(Cn2ccc3c(C4CCN(Cc5cccc(C=O)c5)CC4)ccnc32)cc1. The van der Waals surface area contributed by atoms with Gasteiger partial charge in [0.2, 0.25) is 0 Å². The van der Waals surface area contributed by atoms with Crippen molar-refractivity contribution in [3.63, 3.8) is 0 Å². The van der Waals surface area contributed by atoms with Crippen LogP contribution in [-0.2, 0) is 17.8 Å². The van der Waals surface area contributed by atoms with E-state index in [1.165, 1.54) is 23.6 Å². The smallest absolute Gasteiger partial charge is 0.337 e. The third-order valence-electron chi connectivity index (χ3n) is 6.94. The number of benzene rings is 2. The van der Waals surface area contributed by atoms with Crippen molar-refractivity contribution in [1.29, 1.82) is 0 Å². The zero-order chi connectivity index (χ0) is 24.2. The van der Waals surface area contributed by atoms with Crippen LogP contribution < -0.4 is 0 Å². The molecule has 2 aromatic carbocycles. The molecule has 1 saturated heterocycles. The lowest BCUT2D eigenvalue weighted by Crippen LogP contribution is -2.32. The van der Waals surface area contributed by atoms with Gasteiger partial charge in [-0.2, -0.15) is 0 Å². The normalized spacial score (nSPS) is 14.8. The number of rotatable bonds is 7. The first-order valence-corrected chi connectivity index (χ1v) is 12.0. The minimum atomic E-state index is -0.324. The van der Waals surface area contributed by atoms with Gasteiger partial charge in [0.25, 0.3) is 0 Å². The van der Waals surface area contributed by atoms with E-state index in [0.29, 0.717) is 18.0 Å². The summed E-state index contributed by atoms with van der Waals surface area (Å²) >= 11 is 0. The van der Waals surface area contributed by atoms with E-state index in [4.69, 9.17) is 4.74 Å². The zero-order valence-electron chi connectivity index (χ0n) is 19.9. The number of nitrogens with zero attached hydrogens (tertiary/aromatic N) is 3. The molecule has 0 aliphatic carbocycles. The molecule has 6 heteroatoms. The molecule has 0 radical (unpaired) electrons. The average Bonchev–Trinajstić information content (AvgIpc) is 3.32. The molecule has 0 atom stereocenters. The van der Waals surface area contributed by atoms with Gasteiger partial charge in [-0.15, -0.1) is 0 Å². The lowest BCUT2D eigenvalue weighted by atomic mass is 9.88. The Morgan fingerprint density at radius 2 is 1.83 bits per heavy atom. The number of aldehydes is 1. The summed E-state index contributed by atoms with van der Waals surface area (Å²) in [6.45, 7) is 3.64. The molecule has 0 saturated carbocycles. The van der Waals surface area contributed by atoms with Crippen molar-refractivity contribution in [2.24, 2.45) is 0 Å². The van der Waals surface area contributed by atoms with E-state index >= 15 is 0 Å². The molecule has 5 rings (SSSR count). The fourth-order valence-electron chi connectivity index (χ4n) is 5.08. The molecule has 1 aliphatic rings. The second-order valence-electron chi connectivity index (χ2n) is 9.18. The molecule has 6 nitrogen and oxygen atoms in total. The van der Waals surface area contributed by atoms with Gasteiger partial charge in [0.1, 0.15) is 11.9 Å². The first-order chi connectivity index (χ1) is 17.1. The number of piperidine rings is 1. The molecule has 0 N–H and O–H groups in total. The van der Waals surface area contributed by atoms with Crippen LogP contribution in [0.25, 0.3) is 11.0 Å².